The first-order chi connectivity index (χ1) is 13.1. The summed E-state index contributed by atoms with van der Waals surface area (Å²) in [7, 11) is -4.84. The van der Waals surface area contributed by atoms with Gasteiger partial charge in [-0.25, -0.2) is 4.79 Å². The molecule has 0 aromatic carbocycles. The Morgan fingerprint density at radius 2 is 2.14 bits per heavy atom. The number of fused-ring (bicyclic) bond motifs is 3. The second-order valence-corrected chi connectivity index (χ2v) is 8.13. The van der Waals surface area contributed by atoms with Crippen LogP contribution in [0, 0.1) is 5.41 Å². The fourth-order valence-electron chi connectivity index (χ4n) is 3.82. The molecular formula is C13H19N7O7S. The van der Waals surface area contributed by atoms with Crippen LogP contribution < -0.4 is 11.5 Å². The van der Waals surface area contributed by atoms with E-state index in [1.165, 1.54) is 4.90 Å². The highest BCUT2D eigenvalue weighted by atomic mass is 32.3. The molecule has 1 spiro atoms. The number of carbonyl (C=O) groups is 1. The molecule has 2 saturated heterocycles. The van der Waals surface area contributed by atoms with Gasteiger partial charge in [0.05, 0.1) is 12.6 Å². The van der Waals surface area contributed by atoms with Gasteiger partial charge in [-0.3, -0.25) is 9.55 Å². The average Bonchev–Trinajstić information content (AvgIpc) is 3.09. The predicted molar refractivity (Wildman–Crippen MR) is 89.3 cm³/mol. The molecule has 1 aromatic rings. The van der Waals surface area contributed by atoms with Gasteiger partial charge in [0.25, 0.3) is 0 Å². The quantitative estimate of drug-likeness (QED) is 0.236. The predicted octanol–water partition coefficient (Wildman–Crippen LogP) is -1.56. The summed E-state index contributed by atoms with van der Waals surface area (Å²) < 4.78 is 41.3. The van der Waals surface area contributed by atoms with Crippen LogP contribution in [0.4, 0.5) is 4.79 Å². The third-order valence-electron chi connectivity index (χ3n) is 5.31. The molecule has 28 heavy (non-hydrogen) atoms. The summed E-state index contributed by atoms with van der Waals surface area (Å²) in [6, 6.07) is -1.84. The Labute approximate surface area is 159 Å². The summed E-state index contributed by atoms with van der Waals surface area (Å²) >= 11 is 0. The summed E-state index contributed by atoms with van der Waals surface area (Å²) in [6.07, 6.45) is 0.757. The SMILES string of the molecule is NC(N)=NC[C@H](O)c1nnc([C@@H]2CC3(CC3)[C@@H]3CN2C(=O)N3OS(=O)(=O)O)o1. The molecular weight excluding hydrogens is 398 g/mol. The van der Waals surface area contributed by atoms with Crippen molar-refractivity contribution < 1.29 is 31.6 Å². The molecule has 0 unspecified atom stereocenters. The summed E-state index contributed by atoms with van der Waals surface area (Å²) in [6.45, 7) is 0.0204. The molecule has 15 heteroatoms. The summed E-state index contributed by atoms with van der Waals surface area (Å²) in [5, 5.41) is 18.4. The third-order valence-corrected chi connectivity index (χ3v) is 5.66. The van der Waals surface area contributed by atoms with E-state index in [1.54, 1.807) is 0 Å². The largest absolute Gasteiger partial charge is 0.420 e. The Morgan fingerprint density at radius 3 is 2.75 bits per heavy atom. The molecule has 1 aliphatic carbocycles. The van der Waals surface area contributed by atoms with Crippen LogP contribution in [0.1, 0.15) is 43.2 Å². The van der Waals surface area contributed by atoms with Gasteiger partial charge in [0.15, 0.2) is 12.1 Å². The summed E-state index contributed by atoms with van der Waals surface area (Å²) in [5.41, 5.74) is 10.1. The number of aliphatic hydroxyl groups is 1. The van der Waals surface area contributed by atoms with Crippen molar-refractivity contribution in [3.8, 4) is 0 Å². The number of aliphatic imine (C=N–C) groups is 1. The first-order valence-corrected chi connectivity index (χ1v) is 9.80. The average molecular weight is 417 g/mol. The number of guanidine groups is 1. The fraction of sp³-hybridized carbons (Fsp3) is 0.692. The van der Waals surface area contributed by atoms with Gasteiger partial charge in [0.1, 0.15) is 6.04 Å². The van der Waals surface area contributed by atoms with E-state index in [9.17, 15) is 18.3 Å². The van der Waals surface area contributed by atoms with Crippen LogP contribution >= 0.6 is 0 Å². The molecule has 6 N–H and O–H groups in total. The zero-order valence-electron chi connectivity index (χ0n) is 14.5. The van der Waals surface area contributed by atoms with E-state index in [0.717, 1.165) is 12.8 Å². The Balaban J connectivity index is 1.57. The number of piperidine rings is 1. The lowest BCUT2D eigenvalue weighted by Gasteiger charge is -2.34. The second-order valence-electron chi connectivity index (χ2n) is 7.12. The maximum Gasteiger partial charge on any atom is 0.418 e. The number of nitrogens with zero attached hydrogens (tertiary/aromatic N) is 5. The molecule has 4 rings (SSSR count). The second kappa shape index (κ2) is 6.26. The molecule has 2 aliphatic heterocycles. The number of rotatable bonds is 6. The van der Waals surface area contributed by atoms with E-state index in [1.807, 2.05) is 0 Å². The van der Waals surface area contributed by atoms with Gasteiger partial charge in [-0.15, -0.1) is 14.5 Å². The van der Waals surface area contributed by atoms with Crippen LogP contribution in [0.3, 0.4) is 0 Å². The Hall–Kier alpha value is -2.49. The lowest BCUT2D eigenvalue weighted by Crippen LogP contribution is -2.43. The van der Waals surface area contributed by atoms with Crippen LogP contribution in [0.25, 0.3) is 0 Å². The lowest BCUT2D eigenvalue weighted by molar-refractivity contribution is -0.0530. The number of hydrogen-bond donors (Lipinski definition) is 4. The van der Waals surface area contributed by atoms with Crippen molar-refractivity contribution in [2.24, 2.45) is 21.9 Å². The highest BCUT2D eigenvalue weighted by Gasteiger charge is 2.64. The molecule has 0 radical (unpaired) electrons. The zero-order valence-corrected chi connectivity index (χ0v) is 15.3. The first-order valence-electron chi connectivity index (χ1n) is 8.43. The summed E-state index contributed by atoms with van der Waals surface area (Å²) in [4.78, 5) is 17.7. The van der Waals surface area contributed by atoms with Crippen LogP contribution in [0.5, 0.6) is 0 Å². The van der Waals surface area contributed by atoms with E-state index in [2.05, 4.69) is 19.5 Å². The molecule has 1 aromatic heterocycles. The maximum atomic E-state index is 12.6. The molecule has 2 amide bonds. The normalized spacial score (nSPS) is 26.6. The van der Waals surface area contributed by atoms with Gasteiger partial charge in [-0.2, -0.15) is 13.5 Å². The smallest absolute Gasteiger partial charge is 0.418 e. The lowest BCUT2D eigenvalue weighted by atomic mass is 9.85. The van der Waals surface area contributed by atoms with Crippen molar-refractivity contribution >= 4 is 22.4 Å². The number of nitrogens with two attached hydrogens (primary N) is 2. The van der Waals surface area contributed by atoms with E-state index < -0.39 is 34.6 Å². The first kappa shape index (κ1) is 18.9. The minimum absolute atomic E-state index is 0.102. The maximum absolute atomic E-state index is 12.6. The van der Waals surface area contributed by atoms with Crippen molar-refractivity contribution in [2.75, 3.05) is 13.1 Å². The Morgan fingerprint density at radius 1 is 1.43 bits per heavy atom. The highest BCUT2D eigenvalue weighted by Crippen LogP contribution is 2.61. The van der Waals surface area contributed by atoms with Crippen molar-refractivity contribution in [3.63, 3.8) is 0 Å². The van der Waals surface area contributed by atoms with Crippen molar-refractivity contribution in [3.05, 3.63) is 11.8 Å². The van der Waals surface area contributed by atoms with Gasteiger partial charge in [-0.1, -0.05) is 0 Å². The molecule has 3 aliphatic rings. The molecule has 154 valence electrons. The Bertz CT molecular complexity index is 923. The van der Waals surface area contributed by atoms with E-state index in [-0.39, 0.29) is 36.2 Å². The minimum atomic E-state index is -4.84. The van der Waals surface area contributed by atoms with Crippen LogP contribution in [0.2, 0.25) is 0 Å². The number of carbonyl (C=O) groups excluding carboxylic acids is 1. The van der Waals surface area contributed by atoms with Crippen LogP contribution in [-0.4, -0.2) is 69.4 Å². The number of urea groups is 1. The Kier molecular flexibility index (Phi) is 4.22. The van der Waals surface area contributed by atoms with Gasteiger partial charge in [0.2, 0.25) is 11.8 Å². The van der Waals surface area contributed by atoms with Crippen LogP contribution in [0.15, 0.2) is 9.41 Å². The van der Waals surface area contributed by atoms with Crippen molar-refractivity contribution in [1.82, 2.24) is 20.2 Å². The number of amides is 2. The topological polar surface area (TPSA) is 211 Å². The van der Waals surface area contributed by atoms with Crippen molar-refractivity contribution in [1.29, 1.82) is 0 Å². The molecule has 2 bridgehead atoms. The number of hydrogen-bond acceptors (Lipinski definition) is 9. The van der Waals surface area contributed by atoms with Gasteiger partial charge in [0, 0.05) is 6.54 Å². The molecule has 3 atom stereocenters. The minimum Gasteiger partial charge on any atom is -0.420 e. The number of aromatic nitrogens is 2. The van der Waals surface area contributed by atoms with Gasteiger partial charge >= 0.3 is 16.4 Å². The van der Waals surface area contributed by atoms with E-state index >= 15 is 0 Å². The molecule has 3 heterocycles. The number of aliphatic hydroxyl groups excluding tert-OH is 1. The molecule has 1 saturated carbocycles. The monoisotopic (exact) mass is 417 g/mol. The van der Waals surface area contributed by atoms with Crippen LogP contribution in [-0.2, 0) is 14.7 Å². The molecule has 14 nitrogen and oxygen atoms in total. The van der Waals surface area contributed by atoms with Gasteiger partial charge in [-0.05, 0) is 24.7 Å². The van der Waals surface area contributed by atoms with E-state index in [0.29, 0.717) is 11.5 Å². The standard InChI is InChI=1S/C13H19N7O7S/c14-11(15)16-4-7(21)10-18-17-9(26-10)6-3-13(1-2-13)8-5-19(6)12(22)20(8)27-28(23,24)25/h6-8,21H,1-5H2,(H4,14,15,16)(H,23,24,25)/t6-,7-,8-/m0/s1. The van der Waals surface area contributed by atoms with E-state index in [4.69, 9.17) is 20.4 Å². The highest BCUT2D eigenvalue weighted by molar-refractivity contribution is 7.80. The van der Waals surface area contributed by atoms with Gasteiger partial charge < -0.3 is 25.9 Å². The van der Waals surface area contributed by atoms with Crippen molar-refractivity contribution in [2.45, 2.75) is 37.5 Å². The summed E-state index contributed by atoms with van der Waals surface area (Å²) in [5.74, 6) is -0.204. The fourth-order valence-corrected chi connectivity index (χ4v) is 4.19. The zero-order chi connectivity index (χ0) is 20.3. The molecule has 3 fully saturated rings. The third kappa shape index (κ3) is 3.25. The number of hydroxylamine groups is 2.